The van der Waals surface area contributed by atoms with Crippen molar-refractivity contribution in [2.75, 3.05) is 7.05 Å². The van der Waals surface area contributed by atoms with Crippen molar-refractivity contribution in [2.24, 2.45) is 11.5 Å². The van der Waals surface area contributed by atoms with Gasteiger partial charge in [-0.3, -0.25) is 4.72 Å². The summed E-state index contributed by atoms with van der Waals surface area (Å²) in [5.74, 6) is 0. The third kappa shape index (κ3) is 51.3. The molecule has 0 spiro atoms. The third-order valence-corrected chi connectivity index (χ3v) is 0.858. The van der Waals surface area contributed by atoms with E-state index >= 15 is 0 Å². The van der Waals surface area contributed by atoms with Crippen LogP contribution in [0.2, 0.25) is 0 Å². The van der Waals surface area contributed by atoms with Crippen LogP contribution in [0.5, 0.6) is 0 Å². The van der Waals surface area contributed by atoms with Crippen molar-refractivity contribution in [1.82, 2.24) is 4.72 Å². The zero-order valence-electron chi connectivity index (χ0n) is 5.33. The number of thiocarbonyl (C=S) groups is 1. The highest BCUT2D eigenvalue weighted by molar-refractivity contribution is 8.21. The maximum absolute atomic E-state index is 8.78. The third-order valence-electron chi connectivity index (χ3n) is 0.203. The van der Waals surface area contributed by atoms with Crippen LogP contribution in [0.1, 0.15) is 0 Å². The molecule has 0 rings (SSSR count). The van der Waals surface area contributed by atoms with E-state index in [2.05, 4.69) is 22.7 Å². The van der Waals surface area contributed by atoms with Gasteiger partial charge in [0.2, 0.25) is 0 Å². The van der Waals surface area contributed by atoms with Crippen molar-refractivity contribution in [3.05, 3.63) is 0 Å². The standard InChI is InChI=1S/C2H6N2S2.CH3NO2/c1-4-6-2(3)5;2-1(3)4/h4H,1H3,(H2,3,5);2H2,(H,3,4). The fourth-order valence-electron chi connectivity index (χ4n) is 0.101. The molecular weight excluding hydrogens is 174 g/mol. The van der Waals surface area contributed by atoms with Crippen molar-refractivity contribution in [3.8, 4) is 0 Å². The van der Waals surface area contributed by atoms with Gasteiger partial charge in [-0.1, -0.05) is 12.2 Å². The van der Waals surface area contributed by atoms with Gasteiger partial charge in [0.25, 0.3) is 0 Å². The number of primary amides is 1. The van der Waals surface area contributed by atoms with Gasteiger partial charge in [0.1, 0.15) is 4.32 Å². The Bertz CT molecular complexity index is 114. The molecule has 60 valence electrons. The normalized spacial score (nSPS) is 7.30. The lowest BCUT2D eigenvalue weighted by Crippen LogP contribution is -2.07. The Balaban J connectivity index is 0. The van der Waals surface area contributed by atoms with Crippen molar-refractivity contribution in [2.45, 2.75) is 0 Å². The van der Waals surface area contributed by atoms with Crippen LogP contribution in [0.4, 0.5) is 4.79 Å². The molecule has 7 heteroatoms. The van der Waals surface area contributed by atoms with E-state index < -0.39 is 6.09 Å². The summed E-state index contributed by atoms with van der Waals surface area (Å²) in [4.78, 5) is 8.78. The van der Waals surface area contributed by atoms with Gasteiger partial charge < -0.3 is 16.6 Å². The fraction of sp³-hybridized carbons (Fsp3) is 0.333. The Morgan fingerprint density at radius 2 is 2.00 bits per heavy atom. The molecule has 0 aliphatic rings. The van der Waals surface area contributed by atoms with Gasteiger partial charge in [0.15, 0.2) is 0 Å². The number of amides is 1. The molecule has 0 saturated heterocycles. The molecule has 0 aromatic carbocycles. The summed E-state index contributed by atoms with van der Waals surface area (Å²) in [6, 6.07) is 0. The molecule has 0 aliphatic heterocycles. The first-order valence-corrected chi connectivity index (χ1v) is 3.34. The van der Waals surface area contributed by atoms with Crippen LogP contribution < -0.4 is 16.2 Å². The average molecular weight is 183 g/mol. The summed E-state index contributed by atoms with van der Waals surface area (Å²) >= 11 is 5.72. The predicted molar refractivity (Wildman–Crippen MR) is 45.6 cm³/mol. The zero-order valence-corrected chi connectivity index (χ0v) is 6.96. The van der Waals surface area contributed by atoms with Gasteiger partial charge in [-0.25, -0.2) is 4.79 Å². The Morgan fingerprint density at radius 1 is 1.70 bits per heavy atom. The Labute approximate surface area is 68.3 Å². The van der Waals surface area contributed by atoms with Gasteiger partial charge in [-0.2, -0.15) is 0 Å². The van der Waals surface area contributed by atoms with Crippen molar-refractivity contribution in [1.29, 1.82) is 0 Å². The summed E-state index contributed by atoms with van der Waals surface area (Å²) in [6.45, 7) is 0. The first-order valence-electron chi connectivity index (χ1n) is 2.12. The summed E-state index contributed by atoms with van der Waals surface area (Å²) in [5.41, 5.74) is 9.06. The molecule has 0 unspecified atom stereocenters. The van der Waals surface area contributed by atoms with E-state index in [0.717, 1.165) is 0 Å². The van der Waals surface area contributed by atoms with Crippen molar-refractivity contribution < 1.29 is 9.90 Å². The molecule has 0 saturated carbocycles. The number of hydrogen-bond acceptors (Lipinski definition) is 4. The van der Waals surface area contributed by atoms with E-state index in [1.807, 2.05) is 0 Å². The number of hydrogen-bond donors (Lipinski definition) is 4. The quantitative estimate of drug-likeness (QED) is 0.329. The highest BCUT2D eigenvalue weighted by atomic mass is 32.2. The van der Waals surface area contributed by atoms with Crippen LogP contribution >= 0.6 is 24.2 Å². The lowest BCUT2D eigenvalue weighted by atomic mass is 11.3. The van der Waals surface area contributed by atoms with Crippen LogP contribution in [0, 0.1) is 0 Å². The zero-order chi connectivity index (χ0) is 8.57. The molecule has 6 N–H and O–H groups in total. The molecular formula is C3H9N3O2S2. The molecule has 5 nitrogen and oxygen atoms in total. The number of nitrogens with one attached hydrogen (secondary N) is 1. The molecule has 0 radical (unpaired) electrons. The van der Waals surface area contributed by atoms with Crippen LogP contribution in [0.15, 0.2) is 0 Å². The average Bonchev–Trinajstić information content (AvgIpc) is 1.62. The fourth-order valence-corrected chi connectivity index (χ4v) is 0.552. The molecule has 0 fully saturated rings. The smallest absolute Gasteiger partial charge is 0.402 e. The number of carboxylic acid groups (broad SMARTS) is 1. The number of rotatable bonds is 1. The highest BCUT2D eigenvalue weighted by Crippen LogP contribution is 1.86. The van der Waals surface area contributed by atoms with E-state index in [9.17, 15) is 0 Å². The van der Waals surface area contributed by atoms with Crippen molar-refractivity contribution >= 4 is 34.6 Å². The Morgan fingerprint density at radius 3 is 2.00 bits per heavy atom. The molecule has 10 heavy (non-hydrogen) atoms. The molecule has 0 bridgehead atoms. The van der Waals surface area contributed by atoms with Gasteiger partial charge in [-0.15, -0.1) is 0 Å². The van der Waals surface area contributed by atoms with Gasteiger partial charge in [0, 0.05) is 0 Å². The molecule has 0 aromatic rings. The van der Waals surface area contributed by atoms with E-state index in [1.165, 1.54) is 11.9 Å². The first kappa shape index (κ1) is 12.2. The second kappa shape index (κ2) is 8.47. The lowest BCUT2D eigenvalue weighted by molar-refractivity contribution is 0.205. The van der Waals surface area contributed by atoms with Crippen LogP contribution in [0.3, 0.4) is 0 Å². The summed E-state index contributed by atoms with van der Waals surface area (Å²) in [5, 5.41) is 7.19. The van der Waals surface area contributed by atoms with Crippen LogP contribution in [0.25, 0.3) is 0 Å². The lowest BCUT2D eigenvalue weighted by Gasteiger charge is -1.87. The Hall–Kier alpha value is -0.530. The minimum Gasteiger partial charge on any atom is -0.465 e. The second-order valence-corrected chi connectivity index (χ2v) is 2.71. The molecule has 0 aromatic heterocycles. The number of nitrogens with two attached hydrogens (primary N) is 2. The molecule has 0 aliphatic carbocycles. The minimum atomic E-state index is -1.33. The van der Waals surface area contributed by atoms with E-state index in [-0.39, 0.29) is 0 Å². The van der Waals surface area contributed by atoms with Gasteiger partial charge in [0.05, 0.1) is 0 Å². The predicted octanol–water partition coefficient (Wildman–Crippen LogP) is -0.279. The molecule has 0 atom stereocenters. The Kier molecular flexibility index (Phi) is 10.3. The van der Waals surface area contributed by atoms with E-state index in [1.54, 1.807) is 7.05 Å². The van der Waals surface area contributed by atoms with Gasteiger partial charge in [-0.05, 0) is 19.0 Å². The van der Waals surface area contributed by atoms with E-state index in [4.69, 9.17) is 15.6 Å². The topological polar surface area (TPSA) is 101 Å². The van der Waals surface area contributed by atoms with Crippen LogP contribution in [-0.2, 0) is 0 Å². The summed E-state index contributed by atoms with van der Waals surface area (Å²) in [6.07, 6.45) is -1.33. The molecule has 1 amide bonds. The summed E-state index contributed by atoms with van der Waals surface area (Å²) in [7, 11) is 1.77. The van der Waals surface area contributed by atoms with Gasteiger partial charge >= 0.3 is 6.09 Å². The second-order valence-electron chi connectivity index (χ2n) is 0.963. The van der Waals surface area contributed by atoms with Crippen LogP contribution in [-0.4, -0.2) is 22.6 Å². The van der Waals surface area contributed by atoms with E-state index in [0.29, 0.717) is 4.32 Å². The largest absolute Gasteiger partial charge is 0.465 e. The molecule has 0 heterocycles. The SMILES string of the molecule is CNSC(N)=S.NC(=O)O. The minimum absolute atomic E-state index is 0.428. The first-order chi connectivity index (χ1) is 4.50. The van der Waals surface area contributed by atoms with Crippen molar-refractivity contribution in [3.63, 3.8) is 0 Å². The maximum Gasteiger partial charge on any atom is 0.402 e. The summed E-state index contributed by atoms with van der Waals surface area (Å²) < 4.78 is 3.15. The monoisotopic (exact) mass is 183 g/mol. The highest BCUT2D eigenvalue weighted by Gasteiger charge is 1.78. The number of carbonyl (C=O) groups is 1. The maximum atomic E-state index is 8.78.